The van der Waals surface area contributed by atoms with Crippen molar-refractivity contribution in [1.29, 1.82) is 0 Å². The Labute approximate surface area is 382 Å². The van der Waals surface area contributed by atoms with E-state index in [4.69, 9.17) is 35.6 Å². The summed E-state index contributed by atoms with van der Waals surface area (Å²) < 4.78 is 47.4. The number of nitrogens with one attached hydrogen (secondary N) is 6. The number of amidine groups is 1. The van der Waals surface area contributed by atoms with Crippen LogP contribution in [0.25, 0.3) is 0 Å². The van der Waals surface area contributed by atoms with Crippen molar-refractivity contribution in [3.63, 3.8) is 0 Å². The molecule has 0 rings (SSSR count). The highest BCUT2D eigenvalue weighted by atomic mass is 32.2. The molecule has 28 heteroatoms. The van der Waals surface area contributed by atoms with Crippen molar-refractivity contribution in [2.45, 2.75) is 90.6 Å². The van der Waals surface area contributed by atoms with E-state index in [9.17, 15) is 61.8 Å². The van der Waals surface area contributed by atoms with Crippen molar-refractivity contribution in [2.24, 2.45) is 28.0 Å². The number of hydrazone groups is 1. The maximum Gasteiger partial charge on any atom is 0.326 e. The van der Waals surface area contributed by atoms with E-state index in [2.05, 4.69) is 31.7 Å². The molecule has 0 aromatic rings. The lowest BCUT2D eigenvalue weighted by Gasteiger charge is -2.27. The Balaban J connectivity index is 4.25. The third kappa shape index (κ3) is 33.8. The molecule has 0 fully saturated rings. The van der Waals surface area contributed by atoms with Crippen molar-refractivity contribution >= 4 is 69.2 Å². The number of nitrogens with two attached hydrogens (primary N) is 2. The summed E-state index contributed by atoms with van der Waals surface area (Å²) in [4.78, 5) is 106. The molecule has 2 unspecified atom stereocenters. The van der Waals surface area contributed by atoms with Crippen molar-refractivity contribution in [3.05, 3.63) is 0 Å². The minimum absolute atomic E-state index is 0.00343. The van der Waals surface area contributed by atoms with E-state index in [0.29, 0.717) is 12.8 Å². The second kappa shape index (κ2) is 33.7. The number of carbonyl (C=O) groups is 9. The van der Waals surface area contributed by atoms with Gasteiger partial charge in [-0.05, 0) is 37.0 Å². The number of sulfonamides is 1. The number of carbonyl (C=O) groups excluding carboxylic acids is 6. The van der Waals surface area contributed by atoms with Crippen LogP contribution in [0, 0.1) is 11.3 Å². The van der Waals surface area contributed by atoms with Crippen molar-refractivity contribution in [3.8, 4) is 0 Å². The number of nitrogens with zero attached hydrogens (tertiary/aromatic N) is 1. The first-order valence-electron chi connectivity index (χ1n) is 20.9. The number of amides is 6. The van der Waals surface area contributed by atoms with Crippen LogP contribution in [0.15, 0.2) is 5.10 Å². The second-order valence-electron chi connectivity index (χ2n) is 15.6. The summed E-state index contributed by atoms with van der Waals surface area (Å²) in [5.41, 5.74) is 5.38. The quantitative estimate of drug-likeness (QED) is 0.00935. The average molecular weight is 970 g/mol. The largest absolute Gasteiger partial charge is 0.480 e. The fourth-order valence-corrected chi connectivity index (χ4v) is 6.95. The zero-order valence-corrected chi connectivity index (χ0v) is 38.4. The Bertz CT molecular complexity index is 1730. The molecule has 0 saturated carbocycles. The van der Waals surface area contributed by atoms with Crippen LogP contribution in [-0.2, 0) is 72.1 Å². The standard InChI is InChI=1S/C38H67N9O18S/c1-25(20-38(2,3)21-28(39)46-40)19-32(51)47-66(60,61)18-4-5-29(48)41-10-12-62-15-17-65-24-34(53)45-27(37(58)59)7-9-31(50)44-26(36(56)57)6-8-30(49)42-11-13-63-14-16-64-23-33(52)43-22-35(54)55/h25-27H,4-24,40H2,1-3H3,(H2,39,46)(H,41,48)(H,42,49)(H,43,52)(H,44,50)(H,45,53)(H,47,51)(H,54,55)(H,56,57)(H,58,59)/t25?,26?,27-/m0/s1. The molecule has 13 N–H and O–H groups in total. The Morgan fingerprint density at radius 2 is 1.14 bits per heavy atom. The predicted molar refractivity (Wildman–Crippen MR) is 231 cm³/mol. The third-order valence-corrected chi connectivity index (χ3v) is 10.1. The number of ether oxygens (including phenoxy) is 4. The van der Waals surface area contributed by atoms with Crippen LogP contribution in [0.2, 0.25) is 0 Å². The van der Waals surface area contributed by atoms with Crippen LogP contribution in [0.1, 0.15) is 78.6 Å². The van der Waals surface area contributed by atoms with Crippen LogP contribution in [0.5, 0.6) is 0 Å². The predicted octanol–water partition coefficient (Wildman–Crippen LogP) is -3.53. The van der Waals surface area contributed by atoms with E-state index < -0.39 is 107 Å². The normalized spacial score (nSPS) is 13.0. The number of carboxylic acids is 3. The summed E-state index contributed by atoms with van der Waals surface area (Å²) in [6, 6.07) is -2.99. The molecule has 0 radical (unpaired) electrons. The lowest BCUT2D eigenvalue weighted by atomic mass is 9.79. The Hall–Kier alpha value is -5.71. The first-order valence-corrected chi connectivity index (χ1v) is 22.5. The van der Waals surface area contributed by atoms with E-state index in [1.54, 1.807) is 0 Å². The van der Waals surface area contributed by atoms with Crippen molar-refractivity contribution in [2.75, 3.05) is 78.2 Å². The number of hydrogen-bond donors (Lipinski definition) is 11. The molecule has 0 aliphatic carbocycles. The van der Waals surface area contributed by atoms with E-state index in [1.807, 2.05) is 25.5 Å². The highest BCUT2D eigenvalue weighted by Gasteiger charge is 2.26. The summed E-state index contributed by atoms with van der Waals surface area (Å²) in [5, 5.41) is 42.5. The number of carboxylic acid groups (broad SMARTS) is 3. The Morgan fingerprint density at radius 1 is 0.652 bits per heavy atom. The molecular formula is C38H67N9O18S. The van der Waals surface area contributed by atoms with E-state index in [1.165, 1.54) is 0 Å². The van der Waals surface area contributed by atoms with Gasteiger partial charge >= 0.3 is 17.9 Å². The number of hydrogen-bond acceptors (Lipinski definition) is 17. The van der Waals surface area contributed by atoms with Gasteiger partial charge in [0.15, 0.2) is 0 Å². The topological polar surface area (TPSA) is 422 Å². The Kier molecular flexibility index (Phi) is 30.8. The van der Waals surface area contributed by atoms with Gasteiger partial charge in [0, 0.05) is 45.2 Å². The average Bonchev–Trinajstić information content (AvgIpc) is 3.20. The van der Waals surface area contributed by atoms with Gasteiger partial charge in [0.2, 0.25) is 45.5 Å². The molecule has 0 heterocycles. The van der Waals surface area contributed by atoms with E-state index in [0.717, 1.165) is 0 Å². The van der Waals surface area contributed by atoms with Crippen LogP contribution in [0.3, 0.4) is 0 Å². The molecule has 27 nitrogen and oxygen atoms in total. The van der Waals surface area contributed by atoms with Gasteiger partial charge < -0.3 is 72.4 Å². The summed E-state index contributed by atoms with van der Waals surface area (Å²) in [6.45, 7) is 4.47. The molecule has 6 amide bonds. The maximum atomic E-state index is 12.4. The van der Waals surface area contributed by atoms with Gasteiger partial charge in [0.05, 0.1) is 45.4 Å². The minimum atomic E-state index is -3.96. The number of aliphatic carboxylic acids is 3. The van der Waals surface area contributed by atoms with Crippen LogP contribution < -0.4 is 42.9 Å². The molecule has 0 aliphatic heterocycles. The van der Waals surface area contributed by atoms with Crippen LogP contribution in [0.4, 0.5) is 0 Å². The van der Waals surface area contributed by atoms with Gasteiger partial charge in [-0.25, -0.2) is 18.0 Å². The summed E-state index contributed by atoms with van der Waals surface area (Å²) in [6.07, 6.45) is -0.665. The molecule has 3 atom stereocenters. The molecular weight excluding hydrogens is 903 g/mol. The van der Waals surface area contributed by atoms with E-state index in [-0.39, 0.29) is 109 Å². The fraction of sp³-hybridized carbons (Fsp3) is 0.737. The first-order chi connectivity index (χ1) is 30.9. The van der Waals surface area contributed by atoms with Gasteiger partial charge in [-0.15, -0.1) is 0 Å². The monoisotopic (exact) mass is 969 g/mol. The summed E-state index contributed by atoms with van der Waals surface area (Å²) in [5.74, 6) is -3.15. The molecule has 0 spiro atoms. The SMILES string of the molecule is CC(CC(=O)NS(=O)(=O)CCCC(=O)NCCOCCOCC(=O)N[C@@H](CCC(=O)NC(CCC(=O)NCCOCCOCC(=O)NCC(=O)O)C(=O)O)C(=O)O)CC(C)(C)C/C(N)=N/N. The van der Waals surface area contributed by atoms with Gasteiger partial charge in [-0.1, -0.05) is 20.8 Å². The highest BCUT2D eigenvalue weighted by Crippen LogP contribution is 2.30. The summed E-state index contributed by atoms with van der Waals surface area (Å²) in [7, 11) is -3.96. The molecule has 0 aromatic heterocycles. The third-order valence-electron chi connectivity index (χ3n) is 8.72. The maximum absolute atomic E-state index is 12.4. The van der Waals surface area contributed by atoms with Gasteiger partial charge in [0.1, 0.15) is 37.7 Å². The van der Waals surface area contributed by atoms with Gasteiger partial charge in [0.25, 0.3) is 0 Å². The van der Waals surface area contributed by atoms with Crippen molar-refractivity contribution < 1.29 is 85.8 Å². The Morgan fingerprint density at radius 3 is 1.65 bits per heavy atom. The lowest BCUT2D eigenvalue weighted by Crippen LogP contribution is -2.45. The second-order valence-corrected chi connectivity index (χ2v) is 17.5. The lowest BCUT2D eigenvalue weighted by molar-refractivity contribution is -0.144. The zero-order chi connectivity index (χ0) is 50.1. The molecule has 66 heavy (non-hydrogen) atoms. The molecule has 0 saturated heterocycles. The van der Waals surface area contributed by atoms with Crippen LogP contribution in [-0.4, -0.2) is 173 Å². The van der Waals surface area contributed by atoms with E-state index >= 15 is 0 Å². The first kappa shape index (κ1) is 60.3. The number of rotatable bonds is 39. The van der Waals surface area contributed by atoms with Gasteiger partial charge in [-0.2, -0.15) is 5.10 Å². The minimum Gasteiger partial charge on any atom is -0.480 e. The molecule has 0 aromatic carbocycles. The smallest absolute Gasteiger partial charge is 0.326 e. The molecule has 0 aliphatic rings. The zero-order valence-electron chi connectivity index (χ0n) is 37.6. The molecule has 0 bridgehead atoms. The van der Waals surface area contributed by atoms with Crippen LogP contribution >= 0.6 is 0 Å². The van der Waals surface area contributed by atoms with Gasteiger partial charge in [-0.3, -0.25) is 38.3 Å². The fourth-order valence-electron chi connectivity index (χ4n) is 5.89. The molecule has 378 valence electrons. The summed E-state index contributed by atoms with van der Waals surface area (Å²) >= 11 is 0. The van der Waals surface area contributed by atoms with Crippen molar-refractivity contribution in [1.82, 2.24) is 31.3 Å². The highest BCUT2D eigenvalue weighted by molar-refractivity contribution is 7.90.